The standard InChI is InChI=1S/C20H21NO5/c1-13-6-7-14(10-17(13)25-2)20(8-9-20)19(24)21-15-4-3-5-16(11-15)26-12-18(22)23/h3-7,10-11H,8-9,12H2,1-2H3,(H,21,24)(H,22,23). The second kappa shape index (κ2) is 7.07. The van der Waals surface area contributed by atoms with Crippen molar-refractivity contribution in [2.75, 3.05) is 19.0 Å². The Balaban J connectivity index is 1.75. The van der Waals surface area contributed by atoms with Crippen molar-refractivity contribution in [1.82, 2.24) is 0 Å². The van der Waals surface area contributed by atoms with Crippen molar-refractivity contribution in [2.45, 2.75) is 25.2 Å². The second-order valence-corrected chi connectivity index (χ2v) is 6.43. The van der Waals surface area contributed by atoms with Crippen LogP contribution in [0, 0.1) is 6.92 Å². The molecule has 2 N–H and O–H groups in total. The van der Waals surface area contributed by atoms with Gasteiger partial charge >= 0.3 is 5.97 Å². The first-order valence-electron chi connectivity index (χ1n) is 8.36. The third kappa shape index (κ3) is 3.64. The molecule has 1 saturated carbocycles. The first-order valence-corrected chi connectivity index (χ1v) is 8.36. The topological polar surface area (TPSA) is 84.9 Å². The van der Waals surface area contributed by atoms with Crippen LogP contribution in [0.4, 0.5) is 5.69 Å². The van der Waals surface area contributed by atoms with Gasteiger partial charge in [0.2, 0.25) is 5.91 Å². The van der Waals surface area contributed by atoms with E-state index in [-0.39, 0.29) is 5.91 Å². The molecule has 1 fully saturated rings. The van der Waals surface area contributed by atoms with Gasteiger partial charge in [0.05, 0.1) is 12.5 Å². The molecule has 0 heterocycles. The van der Waals surface area contributed by atoms with Gasteiger partial charge < -0.3 is 19.9 Å². The fourth-order valence-electron chi connectivity index (χ4n) is 2.95. The Morgan fingerprint density at radius 3 is 2.62 bits per heavy atom. The van der Waals surface area contributed by atoms with E-state index in [9.17, 15) is 9.59 Å². The van der Waals surface area contributed by atoms with E-state index in [4.69, 9.17) is 14.6 Å². The van der Waals surface area contributed by atoms with Gasteiger partial charge in [-0.3, -0.25) is 4.79 Å². The molecule has 3 rings (SSSR count). The monoisotopic (exact) mass is 355 g/mol. The van der Waals surface area contributed by atoms with Gasteiger partial charge in [0.1, 0.15) is 11.5 Å². The zero-order chi connectivity index (χ0) is 18.7. The second-order valence-electron chi connectivity index (χ2n) is 6.43. The summed E-state index contributed by atoms with van der Waals surface area (Å²) in [6, 6.07) is 12.6. The molecule has 26 heavy (non-hydrogen) atoms. The van der Waals surface area contributed by atoms with Gasteiger partial charge in [-0.05, 0) is 49.1 Å². The highest BCUT2D eigenvalue weighted by atomic mass is 16.5. The maximum Gasteiger partial charge on any atom is 0.341 e. The summed E-state index contributed by atoms with van der Waals surface area (Å²) < 4.78 is 10.5. The summed E-state index contributed by atoms with van der Waals surface area (Å²) in [4.78, 5) is 23.5. The molecule has 0 spiro atoms. The number of aliphatic carboxylic acids is 1. The Bertz CT molecular complexity index is 842. The van der Waals surface area contributed by atoms with Crippen LogP contribution in [0.2, 0.25) is 0 Å². The van der Waals surface area contributed by atoms with E-state index in [1.165, 1.54) is 0 Å². The number of carboxylic acid groups (broad SMARTS) is 1. The molecule has 6 nitrogen and oxygen atoms in total. The van der Waals surface area contributed by atoms with Crippen molar-refractivity contribution in [1.29, 1.82) is 0 Å². The molecule has 0 bridgehead atoms. The van der Waals surface area contributed by atoms with Gasteiger partial charge in [-0.2, -0.15) is 0 Å². The lowest BCUT2D eigenvalue weighted by molar-refractivity contribution is -0.139. The minimum absolute atomic E-state index is 0.0845. The van der Waals surface area contributed by atoms with Crippen molar-refractivity contribution < 1.29 is 24.2 Å². The maximum atomic E-state index is 12.9. The minimum atomic E-state index is -1.05. The molecule has 0 radical (unpaired) electrons. The molecule has 1 amide bonds. The van der Waals surface area contributed by atoms with Gasteiger partial charge in [0, 0.05) is 11.8 Å². The number of nitrogens with one attached hydrogen (secondary N) is 1. The molecule has 136 valence electrons. The van der Waals surface area contributed by atoms with Crippen LogP contribution in [0.1, 0.15) is 24.0 Å². The summed E-state index contributed by atoms with van der Waals surface area (Å²) in [7, 11) is 1.62. The molecule has 6 heteroatoms. The number of benzene rings is 2. The van der Waals surface area contributed by atoms with E-state index in [2.05, 4.69) is 5.32 Å². The Morgan fingerprint density at radius 1 is 1.19 bits per heavy atom. The predicted molar refractivity (Wildman–Crippen MR) is 96.8 cm³/mol. The number of methoxy groups -OCH3 is 1. The highest BCUT2D eigenvalue weighted by Crippen LogP contribution is 2.50. The Morgan fingerprint density at radius 2 is 1.96 bits per heavy atom. The lowest BCUT2D eigenvalue weighted by Crippen LogP contribution is -2.27. The van der Waals surface area contributed by atoms with E-state index in [1.54, 1.807) is 31.4 Å². The summed E-state index contributed by atoms with van der Waals surface area (Å²) in [5.74, 6) is 0.0289. The van der Waals surface area contributed by atoms with Crippen molar-refractivity contribution in [2.24, 2.45) is 0 Å². The van der Waals surface area contributed by atoms with E-state index < -0.39 is 18.0 Å². The van der Waals surface area contributed by atoms with E-state index in [0.717, 1.165) is 29.7 Å². The first-order chi connectivity index (χ1) is 12.4. The van der Waals surface area contributed by atoms with E-state index >= 15 is 0 Å². The summed E-state index contributed by atoms with van der Waals surface area (Å²) in [5.41, 5.74) is 1.99. The van der Waals surface area contributed by atoms with Crippen LogP contribution in [0.5, 0.6) is 11.5 Å². The normalized spacial score (nSPS) is 14.4. The Hall–Kier alpha value is -3.02. The summed E-state index contributed by atoms with van der Waals surface area (Å²) in [5, 5.41) is 11.6. The van der Waals surface area contributed by atoms with Crippen LogP contribution >= 0.6 is 0 Å². The average Bonchev–Trinajstić information content (AvgIpc) is 3.43. The fourth-order valence-corrected chi connectivity index (χ4v) is 2.95. The van der Waals surface area contributed by atoms with Gasteiger partial charge in [-0.1, -0.05) is 18.2 Å². The van der Waals surface area contributed by atoms with Gasteiger partial charge in [-0.15, -0.1) is 0 Å². The molecule has 1 aliphatic rings. The maximum absolute atomic E-state index is 12.9. The fraction of sp³-hybridized carbons (Fsp3) is 0.300. The third-order valence-electron chi connectivity index (χ3n) is 4.60. The highest BCUT2D eigenvalue weighted by molar-refractivity contribution is 6.01. The molecule has 0 unspecified atom stereocenters. The van der Waals surface area contributed by atoms with Crippen molar-refractivity contribution in [3.05, 3.63) is 53.6 Å². The molecular formula is C20H21NO5. The largest absolute Gasteiger partial charge is 0.496 e. The first kappa shape index (κ1) is 17.8. The molecule has 2 aromatic rings. The van der Waals surface area contributed by atoms with E-state index in [1.807, 2.05) is 25.1 Å². The molecule has 0 saturated heterocycles. The number of hydrogen-bond acceptors (Lipinski definition) is 4. The van der Waals surface area contributed by atoms with Crippen molar-refractivity contribution >= 4 is 17.6 Å². The molecule has 0 aliphatic heterocycles. The number of hydrogen-bond donors (Lipinski definition) is 2. The van der Waals surface area contributed by atoms with Crippen LogP contribution in [0.3, 0.4) is 0 Å². The number of anilines is 1. The molecule has 1 aliphatic carbocycles. The lowest BCUT2D eigenvalue weighted by atomic mass is 9.93. The predicted octanol–water partition coefficient (Wildman–Crippen LogP) is 3.14. The summed E-state index contributed by atoms with van der Waals surface area (Å²) >= 11 is 0. The molecule has 2 aromatic carbocycles. The Labute approximate surface area is 151 Å². The number of ether oxygens (including phenoxy) is 2. The SMILES string of the molecule is COc1cc(C2(C(=O)Nc3cccc(OCC(=O)O)c3)CC2)ccc1C. The zero-order valence-electron chi connectivity index (χ0n) is 14.7. The molecule has 0 aromatic heterocycles. The lowest BCUT2D eigenvalue weighted by Gasteiger charge is -2.18. The van der Waals surface area contributed by atoms with Crippen molar-refractivity contribution in [3.63, 3.8) is 0 Å². The molecule has 0 atom stereocenters. The van der Waals surface area contributed by atoms with E-state index in [0.29, 0.717) is 11.4 Å². The summed E-state index contributed by atoms with van der Waals surface area (Å²) in [6.07, 6.45) is 1.56. The summed E-state index contributed by atoms with van der Waals surface area (Å²) in [6.45, 7) is 1.54. The molecular weight excluding hydrogens is 334 g/mol. The number of rotatable bonds is 7. The number of carbonyl (C=O) groups is 2. The smallest absolute Gasteiger partial charge is 0.341 e. The minimum Gasteiger partial charge on any atom is -0.496 e. The van der Waals surface area contributed by atoms with Crippen LogP contribution in [-0.4, -0.2) is 30.7 Å². The zero-order valence-corrected chi connectivity index (χ0v) is 14.7. The van der Waals surface area contributed by atoms with Crippen LogP contribution in [0.25, 0.3) is 0 Å². The number of carboxylic acids is 1. The number of amides is 1. The van der Waals surface area contributed by atoms with Crippen LogP contribution in [-0.2, 0) is 15.0 Å². The number of aryl methyl sites for hydroxylation is 1. The average molecular weight is 355 g/mol. The van der Waals surface area contributed by atoms with Crippen molar-refractivity contribution in [3.8, 4) is 11.5 Å². The Kier molecular flexibility index (Phi) is 4.84. The quantitative estimate of drug-likeness (QED) is 0.797. The van der Waals surface area contributed by atoms with Gasteiger partial charge in [-0.25, -0.2) is 4.79 Å². The highest BCUT2D eigenvalue weighted by Gasteiger charge is 2.51. The van der Waals surface area contributed by atoms with Gasteiger partial charge in [0.25, 0.3) is 0 Å². The number of carbonyl (C=O) groups excluding carboxylic acids is 1. The third-order valence-corrected chi connectivity index (χ3v) is 4.60. The van der Waals surface area contributed by atoms with Crippen LogP contribution < -0.4 is 14.8 Å². The van der Waals surface area contributed by atoms with Gasteiger partial charge in [0.15, 0.2) is 6.61 Å². The van der Waals surface area contributed by atoms with Crippen LogP contribution in [0.15, 0.2) is 42.5 Å².